The second-order valence-corrected chi connectivity index (χ2v) is 6.38. The lowest BCUT2D eigenvalue weighted by Crippen LogP contribution is -2.41. The average molecular weight is 253 g/mol. The highest BCUT2D eigenvalue weighted by Gasteiger charge is 2.23. The Morgan fingerprint density at radius 1 is 1.35 bits per heavy atom. The summed E-state index contributed by atoms with van der Waals surface area (Å²) in [6.07, 6.45) is 0. The van der Waals surface area contributed by atoms with Crippen LogP contribution < -0.4 is 16.2 Å². The largest absolute Gasteiger partial charge is 0.354 e. The summed E-state index contributed by atoms with van der Waals surface area (Å²) in [5.74, 6) is 6.82. The van der Waals surface area contributed by atoms with Gasteiger partial charge in [-0.05, 0) is 6.92 Å². The summed E-state index contributed by atoms with van der Waals surface area (Å²) >= 11 is 2.03. The minimum absolute atomic E-state index is 0.485. The fourth-order valence-corrected chi connectivity index (χ4v) is 3.47. The lowest BCUT2D eigenvalue weighted by Gasteiger charge is -2.35. The molecule has 3 N–H and O–H groups in total. The van der Waals surface area contributed by atoms with Crippen molar-refractivity contribution in [2.75, 3.05) is 23.4 Å². The van der Waals surface area contributed by atoms with E-state index < -0.39 is 0 Å². The number of rotatable bonds is 2. The summed E-state index contributed by atoms with van der Waals surface area (Å²) in [7, 11) is 0. The highest BCUT2D eigenvalue weighted by molar-refractivity contribution is 8.00. The van der Waals surface area contributed by atoms with Crippen LogP contribution in [0.4, 0.5) is 11.8 Å². The van der Waals surface area contributed by atoms with Crippen LogP contribution in [0.1, 0.15) is 19.5 Å². The van der Waals surface area contributed by atoms with E-state index in [-0.39, 0.29) is 0 Å². The maximum atomic E-state index is 5.37. The minimum Gasteiger partial charge on any atom is -0.354 e. The molecular formula is C11H19N5S. The Balaban J connectivity index is 2.23. The van der Waals surface area contributed by atoms with Crippen LogP contribution in [0.2, 0.25) is 0 Å². The smallest absolute Gasteiger partial charge is 0.239 e. The van der Waals surface area contributed by atoms with Gasteiger partial charge in [0, 0.05) is 35.3 Å². The molecule has 5 nitrogen and oxygen atoms in total. The first-order chi connectivity index (χ1) is 8.08. The molecule has 1 fully saturated rings. The molecule has 2 atom stereocenters. The van der Waals surface area contributed by atoms with Gasteiger partial charge >= 0.3 is 0 Å². The summed E-state index contributed by atoms with van der Waals surface area (Å²) < 4.78 is 0. The zero-order valence-electron chi connectivity index (χ0n) is 10.5. The zero-order chi connectivity index (χ0) is 12.4. The number of hydrazine groups is 1. The predicted octanol–water partition coefficient (Wildman–Crippen LogP) is 1.40. The average Bonchev–Trinajstić information content (AvgIpc) is 2.26. The van der Waals surface area contributed by atoms with Crippen molar-refractivity contribution >= 4 is 23.5 Å². The van der Waals surface area contributed by atoms with Gasteiger partial charge in [-0.1, -0.05) is 13.8 Å². The van der Waals surface area contributed by atoms with E-state index in [1.165, 1.54) is 0 Å². The molecule has 17 heavy (non-hydrogen) atoms. The maximum Gasteiger partial charge on any atom is 0.239 e. The fraction of sp³-hybridized carbons (Fsp3) is 0.636. The molecule has 2 rings (SSSR count). The third-order valence-electron chi connectivity index (χ3n) is 2.71. The number of anilines is 2. The van der Waals surface area contributed by atoms with Crippen molar-refractivity contribution in [3.8, 4) is 0 Å². The van der Waals surface area contributed by atoms with Gasteiger partial charge in [-0.25, -0.2) is 10.8 Å². The third kappa shape index (κ3) is 3.01. The topological polar surface area (TPSA) is 67.1 Å². The molecule has 2 heterocycles. The molecule has 94 valence electrons. The first-order valence-electron chi connectivity index (χ1n) is 5.81. The van der Waals surface area contributed by atoms with E-state index in [2.05, 4.69) is 34.1 Å². The number of hydrogen-bond acceptors (Lipinski definition) is 6. The van der Waals surface area contributed by atoms with Crippen LogP contribution in [0, 0.1) is 6.92 Å². The molecular weight excluding hydrogens is 234 g/mol. The molecule has 1 aliphatic rings. The maximum absolute atomic E-state index is 5.37. The van der Waals surface area contributed by atoms with E-state index in [9.17, 15) is 0 Å². The van der Waals surface area contributed by atoms with Crippen molar-refractivity contribution in [2.45, 2.75) is 31.3 Å². The number of aromatic nitrogens is 2. The molecule has 6 heteroatoms. The van der Waals surface area contributed by atoms with E-state index in [4.69, 9.17) is 5.84 Å². The molecule has 1 saturated heterocycles. The van der Waals surface area contributed by atoms with Gasteiger partial charge < -0.3 is 4.90 Å². The quantitative estimate of drug-likeness (QED) is 0.613. The van der Waals surface area contributed by atoms with E-state index in [0.717, 1.165) is 24.6 Å². The van der Waals surface area contributed by atoms with Crippen LogP contribution in [-0.2, 0) is 0 Å². The molecule has 1 aromatic rings. The number of nitrogens with zero attached hydrogens (tertiary/aromatic N) is 3. The molecule has 0 radical (unpaired) electrons. The number of nitrogens with two attached hydrogens (primary N) is 1. The van der Waals surface area contributed by atoms with Crippen LogP contribution in [0.5, 0.6) is 0 Å². The standard InChI is InChI=1S/C11H19N5S/c1-7-4-10(14-11(13-7)15-12)16-5-8(2)17-9(3)6-16/h4,8-9H,5-6,12H2,1-3H3,(H,13,14,15). The van der Waals surface area contributed by atoms with Crippen LogP contribution in [-0.4, -0.2) is 33.6 Å². The fourth-order valence-electron chi connectivity index (χ4n) is 2.14. The van der Waals surface area contributed by atoms with E-state index >= 15 is 0 Å². The first kappa shape index (κ1) is 12.4. The Hall–Kier alpha value is -1.01. The van der Waals surface area contributed by atoms with Gasteiger partial charge in [0.1, 0.15) is 5.82 Å². The SMILES string of the molecule is Cc1cc(N2CC(C)SC(C)C2)nc(NN)n1. The second-order valence-electron chi connectivity index (χ2n) is 4.50. The number of aryl methyl sites for hydroxylation is 1. The monoisotopic (exact) mass is 253 g/mol. The van der Waals surface area contributed by atoms with Gasteiger partial charge in [0.2, 0.25) is 5.95 Å². The van der Waals surface area contributed by atoms with Crippen LogP contribution in [0.25, 0.3) is 0 Å². The summed E-state index contributed by atoms with van der Waals surface area (Å²) in [4.78, 5) is 10.9. The van der Waals surface area contributed by atoms with Crippen molar-refractivity contribution in [3.63, 3.8) is 0 Å². The second kappa shape index (κ2) is 5.10. The molecule has 0 aliphatic carbocycles. The van der Waals surface area contributed by atoms with Crippen molar-refractivity contribution in [1.82, 2.24) is 9.97 Å². The summed E-state index contributed by atoms with van der Waals surface area (Å²) in [6, 6.07) is 2.01. The van der Waals surface area contributed by atoms with Gasteiger partial charge in [-0.2, -0.15) is 16.7 Å². The van der Waals surface area contributed by atoms with Crippen LogP contribution >= 0.6 is 11.8 Å². The number of nitrogens with one attached hydrogen (secondary N) is 1. The van der Waals surface area contributed by atoms with Gasteiger partial charge in [-0.3, -0.25) is 5.43 Å². The van der Waals surface area contributed by atoms with Crippen molar-refractivity contribution in [2.24, 2.45) is 5.84 Å². The Morgan fingerprint density at radius 2 is 2.00 bits per heavy atom. The van der Waals surface area contributed by atoms with Gasteiger partial charge in [0.05, 0.1) is 0 Å². The van der Waals surface area contributed by atoms with Crippen LogP contribution in [0.3, 0.4) is 0 Å². The highest BCUT2D eigenvalue weighted by Crippen LogP contribution is 2.28. The lowest BCUT2D eigenvalue weighted by atomic mass is 10.3. The molecule has 0 aromatic carbocycles. The molecule has 0 amide bonds. The van der Waals surface area contributed by atoms with E-state index in [0.29, 0.717) is 16.4 Å². The van der Waals surface area contributed by atoms with Crippen molar-refractivity contribution in [3.05, 3.63) is 11.8 Å². The van der Waals surface area contributed by atoms with E-state index in [1.807, 2.05) is 24.8 Å². The van der Waals surface area contributed by atoms with Gasteiger partial charge in [0.25, 0.3) is 0 Å². The Kier molecular flexibility index (Phi) is 3.73. The van der Waals surface area contributed by atoms with Crippen LogP contribution in [0.15, 0.2) is 6.07 Å². The molecule has 1 aromatic heterocycles. The van der Waals surface area contributed by atoms with Crippen molar-refractivity contribution in [1.29, 1.82) is 0 Å². The number of nitrogen functional groups attached to an aromatic ring is 1. The molecule has 0 bridgehead atoms. The molecule has 0 spiro atoms. The lowest BCUT2D eigenvalue weighted by molar-refractivity contribution is 0.716. The Morgan fingerprint density at radius 3 is 2.59 bits per heavy atom. The predicted molar refractivity (Wildman–Crippen MR) is 73.3 cm³/mol. The number of hydrogen-bond donors (Lipinski definition) is 2. The van der Waals surface area contributed by atoms with Gasteiger partial charge in [0.15, 0.2) is 0 Å². The normalized spacial score (nSPS) is 24.8. The molecule has 1 aliphatic heterocycles. The summed E-state index contributed by atoms with van der Waals surface area (Å²) in [5.41, 5.74) is 3.45. The summed E-state index contributed by atoms with van der Waals surface area (Å²) in [6.45, 7) is 8.51. The van der Waals surface area contributed by atoms with Gasteiger partial charge in [-0.15, -0.1) is 0 Å². The third-order valence-corrected chi connectivity index (χ3v) is 3.94. The van der Waals surface area contributed by atoms with E-state index in [1.54, 1.807) is 0 Å². The highest BCUT2D eigenvalue weighted by atomic mass is 32.2. The molecule has 0 saturated carbocycles. The minimum atomic E-state index is 0.485. The Bertz CT molecular complexity index is 387. The summed E-state index contributed by atoms with van der Waals surface area (Å²) in [5, 5.41) is 1.26. The van der Waals surface area contributed by atoms with Crippen molar-refractivity contribution < 1.29 is 0 Å². The zero-order valence-corrected chi connectivity index (χ0v) is 11.3. The first-order valence-corrected chi connectivity index (χ1v) is 6.75. The molecule has 2 unspecified atom stereocenters. The number of thioether (sulfide) groups is 1. The Labute approximate surface area is 106 Å².